The minimum absolute atomic E-state index is 0.0610. The van der Waals surface area contributed by atoms with E-state index in [9.17, 15) is 18.6 Å². The molecule has 8 heteroatoms. The molecule has 0 aliphatic heterocycles. The van der Waals surface area contributed by atoms with Gasteiger partial charge in [0.1, 0.15) is 10.6 Å². The minimum Gasteiger partial charge on any atom is -0.495 e. The van der Waals surface area contributed by atoms with Crippen LogP contribution in [-0.2, 0) is 10.0 Å². The summed E-state index contributed by atoms with van der Waals surface area (Å²) in [5, 5.41) is 18.7. The van der Waals surface area contributed by atoms with Gasteiger partial charge in [0.2, 0.25) is 10.0 Å². The molecule has 0 bridgehead atoms. The number of rotatable bonds is 7. The highest BCUT2D eigenvalue weighted by Gasteiger charge is 2.34. The van der Waals surface area contributed by atoms with Crippen molar-refractivity contribution in [2.45, 2.75) is 23.8 Å². The number of halogens is 1. The average molecular weight is 368 g/mol. The molecule has 114 valence electrons. The molecule has 20 heavy (non-hydrogen) atoms. The van der Waals surface area contributed by atoms with E-state index in [1.165, 1.54) is 19.2 Å². The number of hydrogen-bond donors (Lipinski definition) is 3. The minimum atomic E-state index is -3.94. The standard InChI is InChI=1S/C12H18BrNO5S/c1-3-12(7-15,8-16)14-20(17,18)11-6-9(13)4-5-10(11)19-2/h4-6,14-16H,3,7-8H2,1-2H3. The maximum absolute atomic E-state index is 12.4. The fourth-order valence-electron chi connectivity index (χ4n) is 1.61. The molecule has 0 saturated carbocycles. The van der Waals surface area contributed by atoms with Crippen molar-refractivity contribution in [3.8, 4) is 5.75 Å². The van der Waals surface area contributed by atoms with Crippen LogP contribution in [0.2, 0.25) is 0 Å². The van der Waals surface area contributed by atoms with Crippen LogP contribution in [0.5, 0.6) is 5.75 Å². The maximum Gasteiger partial charge on any atom is 0.244 e. The zero-order valence-corrected chi connectivity index (χ0v) is 13.7. The molecule has 1 aromatic carbocycles. The second kappa shape index (κ2) is 6.86. The van der Waals surface area contributed by atoms with E-state index in [0.717, 1.165) is 0 Å². The Morgan fingerprint density at radius 3 is 2.40 bits per heavy atom. The van der Waals surface area contributed by atoms with E-state index in [2.05, 4.69) is 20.7 Å². The predicted octanol–water partition coefficient (Wildman–Crippen LogP) is 0.869. The van der Waals surface area contributed by atoms with Crippen LogP contribution in [0, 0.1) is 0 Å². The second-order valence-electron chi connectivity index (χ2n) is 4.35. The summed E-state index contributed by atoms with van der Waals surface area (Å²) in [5.41, 5.74) is -1.30. The van der Waals surface area contributed by atoms with Gasteiger partial charge in [-0.15, -0.1) is 0 Å². The van der Waals surface area contributed by atoms with Gasteiger partial charge in [0.15, 0.2) is 0 Å². The first-order valence-electron chi connectivity index (χ1n) is 5.93. The average Bonchev–Trinajstić information content (AvgIpc) is 2.45. The van der Waals surface area contributed by atoms with Crippen LogP contribution < -0.4 is 9.46 Å². The summed E-state index contributed by atoms with van der Waals surface area (Å²) >= 11 is 3.20. The van der Waals surface area contributed by atoms with Crippen LogP contribution in [0.3, 0.4) is 0 Å². The summed E-state index contributed by atoms with van der Waals surface area (Å²) in [5.74, 6) is 0.182. The van der Waals surface area contributed by atoms with Gasteiger partial charge >= 0.3 is 0 Å². The number of ether oxygens (including phenoxy) is 1. The molecule has 0 aromatic heterocycles. The molecule has 0 unspecified atom stereocenters. The van der Waals surface area contributed by atoms with E-state index in [1.54, 1.807) is 13.0 Å². The number of sulfonamides is 1. The maximum atomic E-state index is 12.4. The van der Waals surface area contributed by atoms with Gasteiger partial charge in [-0.3, -0.25) is 0 Å². The molecule has 0 fully saturated rings. The fourth-order valence-corrected chi connectivity index (χ4v) is 3.78. The number of benzene rings is 1. The first-order valence-corrected chi connectivity index (χ1v) is 8.21. The first-order chi connectivity index (χ1) is 9.34. The number of aliphatic hydroxyl groups is 2. The molecule has 0 heterocycles. The van der Waals surface area contributed by atoms with Crippen molar-refractivity contribution in [1.29, 1.82) is 0 Å². The third kappa shape index (κ3) is 3.70. The Kier molecular flexibility index (Phi) is 5.96. The largest absolute Gasteiger partial charge is 0.495 e. The monoisotopic (exact) mass is 367 g/mol. The van der Waals surface area contributed by atoms with Crippen LogP contribution in [0.4, 0.5) is 0 Å². The summed E-state index contributed by atoms with van der Waals surface area (Å²) in [7, 11) is -2.58. The second-order valence-corrected chi connectivity index (χ2v) is 6.92. The molecule has 0 radical (unpaired) electrons. The van der Waals surface area contributed by atoms with Crippen molar-refractivity contribution >= 4 is 26.0 Å². The number of aliphatic hydroxyl groups excluding tert-OH is 2. The Labute approximate surface area is 127 Å². The van der Waals surface area contributed by atoms with Crippen molar-refractivity contribution in [2.24, 2.45) is 0 Å². The van der Waals surface area contributed by atoms with Gasteiger partial charge in [0.05, 0.1) is 25.9 Å². The molecular weight excluding hydrogens is 350 g/mol. The number of hydrogen-bond acceptors (Lipinski definition) is 5. The van der Waals surface area contributed by atoms with Crippen molar-refractivity contribution in [3.05, 3.63) is 22.7 Å². The number of methoxy groups -OCH3 is 1. The third-order valence-electron chi connectivity index (χ3n) is 3.05. The van der Waals surface area contributed by atoms with Gasteiger partial charge < -0.3 is 14.9 Å². The van der Waals surface area contributed by atoms with Crippen molar-refractivity contribution in [3.63, 3.8) is 0 Å². The van der Waals surface area contributed by atoms with Crippen molar-refractivity contribution in [2.75, 3.05) is 20.3 Å². The van der Waals surface area contributed by atoms with Gasteiger partial charge in [-0.25, -0.2) is 13.1 Å². The van der Waals surface area contributed by atoms with Gasteiger partial charge in [0.25, 0.3) is 0 Å². The van der Waals surface area contributed by atoms with Gasteiger partial charge in [-0.05, 0) is 24.6 Å². The van der Waals surface area contributed by atoms with Crippen LogP contribution in [0.25, 0.3) is 0 Å². The molecule has 0 atom stereocenters. The molecule has 0 aliphatic carbocycles. The molecule has 0 spiro atoms. The Morgan fingerprint density at radius 2 is 1.95 bits per heavy atom. The summed E-state index contributed by atoms with van der Waals surface area (Å²) in [6.07, 6.45) is 0.246. The zero-order chi connectivity index (χ0) is 15.4. The first kappa shape index (κ1) is 17.4. The van der Waals surface area contributed by atoms with Gasteiger partial charge in [-0.2, -0.15) is 0 Å². The van der Waals surface area contributed by atoms with E-state index in [0.29, 0.717) is 4.47 Å². The Balaban J connectivity index is 3.27. The zero-order valence-electron chi connectivity index (χ0n) is 11.3. The lowest BCUT2D eigenvalue weighted by molar-refractivity contribution is 0.105. The summed E-state index contributed by atoms with van der Waals surface area (Å²) in [6.45, 7) is 0.665. The number of nitrogens with one attached hydrogen (secondary N) is 1. The van der Waals surface area contributed by atoms with E-state index in [-0.39, 0.29) is 17.1 Å². The van der Waals surface area contributed by atoms with Crippen LogP contribution >= 0.6 is 15.9 Å². The summed E-state index contributed by atoms with van der Waals surface area (Å²) < 4.78 is 32.8. The quantitative estimate of drug-likeness (QED) is 0.664. The topological polar surface area (TPSA) is 95.9 Å². The van der Waals surface area contributed by atoms with E-state index in [4.69, 9.17) is 4.74 Å². The fraction of sp³-hybridized carbons (Fsp3) is 0.500. The van der Waals surface area contributed by atoms with Crippen LogP contribution in [0.1, 0.15) is 13.3 Å². The van der Waals surface area contributed by atoms with E-state index >= 15 is 0 Å². The lowest BCUT2D eigenvalue weighted by Crippen LogP contribution is -2.53. The van der Waals surface area contributed by atoms with Crippen LogP contribution in [0.15, 0.2) is 27.6 Å². The Bertz CT molecular complexity index is 549. The molecule has 1 aromatic rings. The molecule has 3 N–H and O–H groups in total. The predicted molar refractivity (Wildman–Crippen MR) is 78.2 cm³/mol. The molecule has 0 saturated heterocycles. The summed E-state index contributed by atoms with van der Waals surface area (Å²) in [4.78, 5) is -0.0610. The van der Waals surface area contributed by atoms with E-state index < -0.39 is 28.8 Å². The molecule has 1 rings (SSSR count). The van der Waals surface area contributed by atoms with E-state index in [1.807, 2.05) is 0 Å². The molecule has 0 aliphatic rings. The molecular formula is C12H18BrNO5S. The highest BCUT2D eigenvalue weighted by Crippen LogP contribution is 2.28. The highest BCUT2D eigenvalue weighted by molar-refractivity contribution is 9.10. The third-order valence-corrected chi connectivity index (χ3v) is 5.14. The molecule has 6 nitrogen and oxygen atoms in total. The van der Waals surface area contributed by atoms with Crippen LogP contribution in [-0.4, -0.2) is 44.5 Å². The summed E-state index contributed by atoms with van der Waals surface area (Å²) in [6, 6.07) is 4.57. The SMILES string of the molecule is CCC(CO)(CO)NS(=O)(=O)c1cc(Br)ccc1OC. The highest BCUT2D eigenvalue weighted by atomic mass is 79.9. The van der Waals surface area contributed by atoms with Crippen molar-refractivity contribution < 1.29 is 23.4 Å². The Morgan fingerprint density at radius 1 is 1.35 bits per heavy atom. The molecule has 0 amide bonds. The Hall–Kier alpha value is -0.670. The smallest absolute Gasteiger partial charge is 0.244 e. The van der Waals surface area contributed by atoms with Gasteiger partial charge in [0, 0.05) is 4.47 Å². The normalized spacial score (nSPS) is 12.4. The lowest BCUT2D eigenvalue weighted by atomic mass is 10.0. The lowest BCUT2D eigenvalue weighted by Gasteiger charge is -2.29. The van der Waals surface area contributed by atoms with Gasteiger partial charge in [-0.1, -0.05) is 22.9 Å². The van der Waals surface area contributed by atoms with Crippen molar-refractivity contribution in [1.82, 2.24) is 4.72 Å².